The third-order valence-electron chi connectivity index (χ3n) is 2.43. The van der Waals surface area contributed by atoms with Gasteiger partial charge in [-0.2, -0.15) is 0 Å². The van der Waals surface area contributed by atoms with Crippen LogP contribution in [0.3, 0.4) is 0 Å². The quantitative estimate of drug-likeness (QED) is 0.665. The molecule has 1 aromatic rings. The number of rotatable bonds is 4. The van der Waals surface area contributed by atoms with Gasteiger partial charge in [-0.1, -0.05) is 12.1 Å². The second kappa shape index (κ2) is 5.16. The first kappa shape index (κ1) is 13.5. The third kappa shape index (κ3) is 3.18. The molecule has 1 rings (SSSR count). The minimum Gasteiger partial charge on any atom is -0.508 e. The van der Waals surface area contributed by atoms with Crippen LogP contribution in [0.5, 0.6) is 5.75 Å². The molecule has 0 amide bonds. The number of aromatic hydroxyl groups is 1. The molecule has 1 unspecified atom stereocenters. The highest BCUT2D eigenvalue weighted by Crippen LogP contribution is 2.30. The number of aliphatic hydroxyl groups is 2. The van der Waals surface area contributed by atoms with E-state index in [1.807, 2.05) is 0 Å². The summed E-state index contributed by atoms with van der Waals surface area (Å²) in [5.41, 5.74) is -0.838. The Morgan fingerprint density at radius 1 is 1.47 bits per heavy atom. The number of carbonyl (C=O) groups excluding carboxylic acids is 1. The average Bonchev–Trinajstić information content (AvgIpc) is 2.26. The second-order valence-electron chi connectivity index (χ2n) is 3.99. The molecule has 0 aliphatic heterocycles. The van der Waals surface area contributed by atoms with Gasteiger partial charge in [-0.15, -0.1) is 0 Å². The van der Waals surface area contributed by atoms with Gasteiger partial charge in [0.2, 0.25) is 0 Å². The smallest absolute Gasteiger partial charge is 0.302 e. The van der Waals surface area contributed by atoms with Crippen molar-refractivity contribution in [1.29, 1.82) is 0 Å². The molecule has 5 heteroatoms. The summed E-state index contributed by atoms with van der Waals surface area (Å²) in [6.07, 6.45) is 0. The predicted octanol–water partition coefficient (Wildman–Crippen LogP) is 0.444. The first-order chi connectivity index (χ1) is 7.89. The fourth-order valence-corrected chi connectivity index (χ4v) is 1.46. The van der Waals surface area contributed by atoms with Crippen molar-refractivity contribution in [3.05, 3.63) is 29.3 Å². The summed E-state index contributed by atoms with van der Waals surface area (Å²) in [4.78, 5) is 10.7. The van der Waals surface area contributed by atoms with Gasteiger partial charge in [0.05, 0.1) is 6.61 Å². The number of phenolic OH excluding ortho intramolecular Hbond substituents is 1. The number of carbonyl (C=O) groups is 1. The Kier molecular flexibility index (Phi) is 4.09. The van der Waals surface area contributed by atoms with E-state index in [2.05, 4.69) is 4.74 Å². The van der Waals surface area contributed by atoms with Crippen LogP contribution in [-0.2, 0) is 15.1 Å². The van der Waals surface area contributed by atoms with Crippen molar-refractivity contribution in [2.45, 2.75) is 19.4 Å². The predicted molar refractivity (Wildman–Crippen MR) is 60.5 cm³/mol. The largest absolute Gasteiger partial charge is 0.508 e. The molecule has 17 heavy (non-hydrogen) atoms. The van der Waals surface area contributed by atoms with Crippen LogP contribution in [0.1, 0.15) is 18.1 Å². The Morgan fingerprint density at radius 2 is 2.12 bits per heavy atom. The van der Waals surface area contributed by atoms with Gasteiger partial charge < -0.3 is 20.1 Å². The second-order valence-corrected chi connectivity index (χ2v) is 3.99. The SMILES string of the molecule is CC(=O)OCC(O)(CO)c1ccc(C)cc1O. The summed E-state index contributed by atoms with van der Waals surface area (Å²) >= 11 is 0. The maximum Gasteiger partial charge on any atom is 0.302 e. The monoisotopic (exact) mass is 240 g/mol. The molecule has 0 heterocycles. The summed E-state index contributed by atoms with van der Waals surface area (Å²) in [5, 5.41) is 29.0. The lowest BCUT2D eigenvalue weighted by molar-refractivity contribution is -0.152. The normalized spacial score (nSPS) is 14.1. The summed E-state index contributed by atoms with van der Waals surface area (Å²) in [5.74, 6) is -0.711. The third-order valence-corrected chi connectivity index (χ3v) is 2.43. The highest BCUT2D eigenvalue weighted by molar-refractivity contribution is 5.66. The van der Waals surface area contributed by atoms with Crippen molar-refractivity contribution in [2.24, 2.45) is 0 Å². The zero-order valence-corrected chi connectivity index (χ0v) is 9.80. The molecule has 1 aromatic carbocycles. The summed E-state index contributed by atoms with van der Waals surface area (Å²) < 4.78 is 4.68. The first-order valence-electron chi connectivity index (χ1n) is 5.16. The van der Waals surface area contributed by atoms with Crippen molar-refractivity contribution in [2.75, 3.05) is 13.2 Å². The fraction of sp³-hybridized carbons (Fsp3) is 0.417. The van der Waals surface area contributed by atoms with Crippen molar-refractivity contribution >= 4 is 5.97 Å². The summed E-state index contributed by atoms with van der Waals surface area (Å²) in [7, 11) is 0. The van der Waals surface area contributed by atoms with Gasteiger partial charge in [-0.3, -0.25) is 4.79 Å². The lowest BCUT2D eigenvalue weighted by atomic mass is 9.93. The van der Waals surface area contributed by atoms with Crippen LogP contribution in [0.2, 0.25) is 0 Å². The molecule has 0 aliphatic rings. The standard InChI is InChI=1S/C12H16O5/c1-8-3-4-10(11(15)5-8)12(16,6-13)7-17-9(2)14/h3-5,13,15-16H,6-7H2,1-2H3. The van der Waals surface area contributed by atoms with Crippen LogP contribution in [0.25, 0.3) is 0 Å². The lowest BCUT2D eigenvalue weighted by Crippen LogP contribution is -2.36. The summed E-state index contributed by atoms with van der Waals surface area (Å²) in [6, 6.07) is 4.64. The number of phenols is 1. The zero-order chi connectivity index (χ0) is 13.1. The van der Waals surface area contributed by atoms with Crippen molar-refractivity contribution in [3.8, 4) is 5.75 Å². The van der Waals surface area contributed by atoms with Crippen LogP contribution in [0.15, 0.2) is 18.2 Å². The van der Waals surface area contributed by atoms with Crippen LogP contribution >= 0.6 is 0 Å². The lowest BCUT2D eigenvalue weighted by Gasteiger charge is -2.26. The molecule has 0 saturated heterocycles. The van der Waals surface area contributed by atoms with E-state index < -0.39 is 24.8 Å². The van der Waals surface area contributed by atoms with E-state index >= 15 is 0 Å². The number of ether oxygens (including phenoxy) is 1. The fourth-order valence-electron chi connectivity index (χ4n) is 1.46. The minimum atomic E-state index is -1.79. The molecule has 0 radical (unpaired) electrons. The van der Waals surface area contributed by atoms with Gasteiger partial charge in [0.15, 0.2) is 0 Å². The molecule has 0 saturated carbocycles. The Hall–Kier alpha value is -1.59. The van der Waals surface area contributed by atoms with Crippen molar-refractivity contribution < 1.29 is 24.9 Å². The molecule has 0 aliphatic carbocycles. The van der Waals surface area contributed by atoms with E-state index in [0.29, 0.717) is 0 Å². The molecule has 0 bridgehead atoms. The van der Waals surface area contributed by atoms with E-state index in [1.54, 1.807) is 13.0 Å². The zero-order valence-electron chi connectivity index (χ0n) is 9.80. The topological polar surface area (TPSA) is 87.0 Å². The average molecular weight is 240 g/mol. The Bertz CT molecular complexity index is 415. The number of hydrogen-bond donors (Lipinski definition) is 3. The number of benzene rings is 1. The van der Waals surface area contributed by atoms with E-state index in [9.17, 15) is 20.1 Å². The van der Waals surface area contributed by atoms with Gasteiger partial charge in [0.25, 0.3) is 0 Å². The van der Waals surface area contributed by atoms with Gasteiger partial charge in [-0.25, -0.2) is 0 Å². The van der Waals surface area contributed by atoms with Crippen molar-refractivity contribution in [3.63, 3.8) is 0 Å². The maximum atomic E-state index is 10.7. The maximum absolute atomic E-state index is 10.7. The molecular weight excluding hydrogens is 224 g/mol. The highest BCUT2D eigenvalue weighted by Gasteiger charge is 2.32. The molecule has 1 atom stereocenters. The molecular formula is C12H16O5. The highest BCUT2D eigenvalue weighted by atomic mass is 16.5. The van der Waals surface area contributed by atoms with Crippen LogP contribution in [-0.4, -0.2) is 34.5 Å². The van der Waals surface area contributed by atoms with E-state index in [0.717, 1.165) is 5.56 Å². The summed E-state index contributed by atoms with van der Waals surface area (Å²) in [6.45, 7) is 1.92. The van der Waals surface area contributed by atoms with Crippen LogP contribution < -0.4 is 0 Å². The van der Waals surface area contributed by atoms with E-state index in [1.165, 1.54) is 19.1 Å². The molecule has 5 nitrogen and oxygen atoms in total. The van der Waals surface area contributed by atoms with E-state index in [-0.39, 0.29) is 11.3 Å². The number of aliphatic hydroxyl groups excluding tert-OH is 1. The molecule has 0 aromatic heterocycles. The Labute approximate surface area is 99.3 Å². The molecule has 0 fully saturated rings. The number of aryl methyl sites for hydroxylation is 1. The Balaban J connectivity index is 3.02. The number of esters is 1. The van der Waals surface area contributed by atoms with Crippen LogP contribution in [0.4, 0.5) is 0 Å². The van der Waals surface area contributed by atoms with Gasteiger partial charge >= 0.3 is 5.97 Å². The first-order valence-corrected chi connectivity index (χ1v) is 5.16. The molecule has 3 N–H and O–H groups in total. The molecule has 94 valence electrons. The Morgan fingerprint density at radius 3 is 2.59 bits per heavy atom. The van der Waals surface area contributed by atoms with E-state index in [4.69, 9.17) is 0 Å². The van der Waals surface area contributed by atoms with Gasteiger partial charge in [-0.05, 0) is 18.6 Å². The van der Waals surface area contributed by atoms with Crippen molar-refractivity contribution in [1.82, 2.24) is 0 Å². The van der Waals surface area contributed by atoms with Gasteiger partial charge in [0, 0.05) is 12.5 Å². The van der Waals surface area contributed by atoms with Crippen LogP contribution in [0, 0.1) is 6.92 Å². The van der Waals surface area contributed by atoms with Gasteiger partial charge in [0.1, 0.15) is 18.0 Å². The minimum absolute atomic E-state index is 0.131. The number of hydrogen-bond acceptors (Lipinski definition) is 5. The molecule has 0 spiro atoms.